The van der Waals surface area contributed by atoms with Crippen LogP contribution in [0.15, 0.2) is 38.4 Å². The van der Waals surface area contributed by atoms with E-state index in [9.17, 15) is 9.90 Å². The maximum absolute atomic E-state index is 12.7. The van der Waals surface area contributed by atoms with Crippen LogP contribution in [-0.2, 0) is 9.53 Å². The number of carbonyl (C=O) groups is 1. The number of esters is 1. The van der Waals surface area contributed by atoms with Gasteiger partial charge in [-0.3, -0.25) is 0 Å². The second-order valence-electron chi connectivity index (χ2n) is 7.29. The zero-order valence-electron chi connectivity index (χ0n) is 14.9. The third-order valence-electron chi connectivity index (χ3n) is 5.05. The van der Waals surface area contributed by atoms with Crippen molar-refractivity contribution >= 4 is 44.5 Å². The van der Waals surface area contributed by atoms with E-state index in [1.165, 1.54) is 6.42 Å². The van der Waals surface area contributed by atoms with Gasteiger partial charge in [0.15, 0.2) is 0 Å². The van der Waals surface area contributed by atoms with Crippen LogP contribution in [0.3, 0.4) is 0 Å². The molecule has 0 bridgehead atoms. The molecular weight excluding hydrogens is 495 g/mol. The zero-order valence-corrected chi connectivity index (χ0v) is 18.7. The van der Waals surface area contributed by atoms with Crippen molar-refractivity contribution in [2.24, 2.45) is 17.8 Å². The molecule has 5 heteroatoms. The highest BCUT2D eigenvalue weighted by Crippen LogP contribution is 2.36. The maximum Gasteiger partial charge on any atom is 0.337 e. The van der Waals surface area contributed by atoms with Crippen LogP contribution >= 0.6 is 38.5 Å². The molecule has 0 radical (unpaired) electrons. The van der Waals surface area contributed by atoms with Crippen LogP contribution in [0.4, 0.5) is 0 Å². The number of aliphatic hydroxyl groups is 1. The van der Waals surface area contributed by atoms with E-state index < -0.39 is 12.1 Å². The topological polar surface area (TPSA) is 46.5 Å². The van der Waals surface area contributed by atoms with Gasteiger partial charge >= 0.3 is 5.97 Å². The van der Waals surface area contributed by atoms with E-state index in [0.717, 1.165) is 17.3 Å². The Hall–Kier alpha value is -0.400. The molecular formula is C20H26BrIO3. The van der Waals surface area contributed by atoms with Crippen LogP contribution in [0.2, 0.25) is 0 Å². The number of halogens is 2. The molecule has 1 aliphatic carbocycles. The third-order valence-corrected chi connectivity index (χ3v) is 6.25. The molecule has 0 aromatic heterocycles. The first kappa shape index (κ1) is 20.9. The summed E-state index contributed by atoms with van der Waals surface area (Å²) in [5.41, 5.74) is 0.976. The monoisotopic (exact) mass is 520 g/mol. The molecule has 1 fully saturated rings. The number of hydrogen-bond donors (Lipinski definition) is 1. The summed E-state index contributed by atoms with van der Waals surface area (Å²) >= 11 is 5.38. The fraction of sp³-hybridized carbons (Fsp3) is 0.550. The first-order chi connectivity index (χ1) is 11.8. The van der Waals surface area contributed by atoms with Crippen LogP contribution in [-0.4, -0.2) is 17.2 Å². The van der Waals surface area contributed by atoms with Crippen molar-refractivity contribution in [2.45, 2.75) is 52.2 Å². The Balaban J connectivity index is 2.12. The Morgan fingerprint density at radius 1 is 1.32 bits per heavy atom. The maximum atomic E-state index is 12.7. The molecule has 25 heavy (non-hydrogen) atoms. The summed E-state index contributed by atoms with van der Waals surface area (Å²) in [7, 11) is 0. The van der Waals surface area contributed by atoms with Crippen LogP contribution in [0, 0.1) is 17.8 Å². The minimum absolute atomic E-state index is 0.0697. The highest BCUT2D eigenvalue weighted by molar-refractivity contribution is 14.1. The molecule has 3 nitrogen and oxygen atoms in total. The number of ether oxygens (including phenoxy) is 1. The Bertz CT molecular complexity index is 612. The van der Waals surface area contributed by atoms with Crippen molar-refractivity contribution in [2.75, 3.05) is 0 Å². The molecule has 1 aromatic rings. The Kier molecular flexibility index (Phi) is 7.95. The van der Waals surface area contributed by atoms with Gasteiger partial charge in [0.25, 0.3) is 0 Å². The standard InChI is InChI=1S/C20H26BrIO3/c1-12(2)16-9-4-13(3)10-18(16)25-20(24)17(11-22)19(23)14-5-7-15(21)8-6-14/h5-8,11-13,16,18-19,23H,4,9-10H2,1-3H3/b17-11-/t13-,16+,18-,19-/m1/s1. The largest absolute Gasteiger partial charge is 0.459 e. The third kappa shape index (κ3) is 5.54. The Labute approximate surface area is 172 Å². The van der Waals surface area contributed by atoms with E-state index in [-0.39, 0.29) is 6.10 Å². The molecule has 0 spiro atoms. The first-order valence-corrected chi connectivity index (χ1v) is 10.8. The molecule has 1 N–H and O–H groups in total. The van der Waals surface area contributed by atoms with Crippen LogP contribution in [0.5, 0.6) is 0 Å². The minimum Gasteiger partial charge on any atom is -0.459 e. The van der Waals surface area contributed by atoms with Gasteiger partial charge in [-0.2, -0.15) is 0 Å². The molecule has 0 heterocycles. The van der Waals surface area contributed by atoms with Crippen molar-refractivity contribution in [1.82, 2.24) is 0 Å². The lowest BCUT2D eigenvalue weighted by Crippen LogP contribution is -2.36. The summed E-state index contributed by atoms with van der Waals surface area (Å²) in [5, 5.41) is 10.6. The predicted octanol–water partition coefficient (Wildman–Crippen LogP) is 5.81. The molecule has 0 unspecified atom stereocenters. The quantitative estimate of drug-likeness (QED) is 0.303. The Morgan fingerprint density at radius 3 is 2.52 bits per heavy atom. The molecule has 0 aliphatic heterocycles. The number of hydrogen-bond acceptors (Lipinski definition) is 3. The van der Waals surface area contributed by atoms with Gasteiger partial charge < -0.3 is 9.84 Å². The van der Waals surface area contributed by atoms with Gasteiger partial charge in [0.05, 0.1) is 5.57 Å². The molecule has 1 saturated carbocycles. The summed E-state index contributed by atoms with van der Waals surface area (Å²) in [4.78, 5) is 12.7. The van der Waals surface area contributed by atoms with E-state index in [2.05, 4.69) is 36.7 Å². The van der Waals surface area contributed by atoms with Gasteiger partial charge in [-0.05, 0) is 52.4 Å². The normalized spacial score (nSPS) is 25.7. The molecule has 138 valence electrons. The number of rotatable bonds is 5. The summed E-state index contributed by atoms with van der Waals surface area (Å²) in [5.74, 6) is 1.03. The van der Waals surface area contributed by atoms with Gasteiger partial charge in [0.2, 0.25) is 0 Å². The second-order valence-corrected chi connectivity index (χ2v) is 8.83. The average Bonchev–Trinajstić information content (AvgIpc) is 2.55. The molecule has 0 amide bonds. The molecule has 0 saturated heterocycles. The highest BCUT2D eigenvalue weighted by atomic mass is 127. The van der Waals surface area contributed by atoms with E-state index in [4.69, 9.17) is 4.74 Å². The van der Waals surface area contributed by atoms with Gasteiger partial charge in [-0.15, -0.1) is 0 Å². The van der Waals surface area contributed by atoms with E-state index in [0.29, 0.717) is 28.9 Å². The zero-order chi connectivity index (χ0) is 18.6. The molecule has 1 aromatic carbocycles. The number of carbonyl (C=O) groups excluding carboxylic acids is 1. The number of benzene rings is 1. The van der Waals surface area contributed by atoms with Crippen molar-refractivity contribution < 1.29 is 14.6 Å². The fourth-order valence-corrected chi connectivity index (χ4v) is 4.36. The van der Waals surface area contributed by atoms with Crippen LogP contribution < -0.4 is 0 Å². The summed E-state index contributed by atoms with van der Waals surface area (Å²) in [6, 6.07) is 7.32. The van der Waals surface area contributed by atoms with Gasteiger partial charge in [0, 0.05) is 4.47 Å². The van der Waals surface area contributed by atoms with Gasteiger partial charge in [-0.1, -0.05) is 77.8 Å². The highest BCUT2D eigenvalue weighted by Gasteiger charge is 2.34. The Morgan fingerprint density at radius 2 is 1.96 bits per heavy atom. The van der Waals surface area contributed by atoms with Crippen LogP contribution in [0.1, 0.15) is 51.7 Å². The molecule has 1 aliphatic rings. The summed E-state index contributed by atoms with van der Waals surface area (Å²) in [6.07, 6.45) is 2.14. The first-order valence-electron chi connectivity index (χ1n) is 8.78. The van der Waals surface area contributed by atoms with Crippen molar-refractivity contribution in [3.8, 4) is 0 Å². The van der Waals surface area contributed by atoms with Crippen molar-refractivity contribution in [1.29, 1.82) is 0 Å². The SMILES string of the molecule is CC(C)[C@@H]1CC[C@@H](C)C[C@H]1OC(=O)/C(=C\I)[C@H](O)c1ccc(Br)cc1. The molecule has 4 atom stereocenters. The van der Waals surface area contributed by atoms with Gasteiger partial charge in [-0.25, -0.2) is 4.79 Å². The van der Waals surface area contributed by atoms with E-state index >= 15 is 0 Å². The average molecular weight is 521 g/mol. The summed E-state index contributed by atoms with van der Waals surface area (Å²) in [6.45, 7) is 6.59. The van der Waals surface area contributed by atoms with Crippen molar-refractivity contribution in [3.63, 3.8) is 0 Å². The van der Waals surface area contributed by atoms with Gasteiger partial charge in [0.1, 0.15) is 12.2 Å². The van der Waals surface area contributed by atoms with E-state index in [1.54, 1.807) is 4.08 Å². The lowest BCUT2D eigenvalue weighted by Gasteiger charge is -2.37. The molecule has 2 rings (SSSR count). The fourth-order valence-electron chi connectivity index (χ4n) is 3.50. The number of aliphatic hydroxyl groups excluding tert-OH is 1. The second kappa shape index (κ2) is 9.51. The smallest absolute Gasteiger partial charge is 0.337 e. The van der Waals surface area contributed by atoms with E-state index in [1.807, 2.05) is 46.9 Å². The predicted molar refractivity (Wildman–Crippen MR) is 112 cm³/mol. The van der Waals surface area contributed by atoms with Crippen molar-refractivity contribution in [3.05, 3.63) is 44.0 Å². The summed E-state index contributed by atoms with van der Waals surface area (Å²) < 4.78 is 8.43. The minimum atomic E-state index is -0.976. The lowest BCUT2D eigenvalue weighted by molar-refractivity contribution is -0.152. The van der Waals surface area contributed by atoms with Crippen LogP contribution in [0.25, 0.3) is 0 Å². The lowest BCUT2D eigenvalue weighted by atomic mass is 9.75.